The molecule has 0 bridgehead atoms. The standard InChI is InChI=1S/C18H22BrN3O/c1-3-11-22(12-4-2)16-9-10-17(18(23)13-16)21-20-15-7-5-14(19)6-8-15/h5-10,13,23H,3-4,11-12H2,1-2H3. The largest absolute Gasteiger partial charge is 0.506 e. The number of hydrogen-bond donors (Lipinski definition) is 1. The van der Waals surface area contributed by atoms with E-state index in [-0.39, 0.29) is 5.75 Å². The van der Waals surface area contributed by atoms with E-state index in [0.717, 1.165) is 41.8 Å². The molecule has 0 aromatic heterocycles. The molecule has 5 heteroatoms. The topological polar surface area (TPSA) is 48.2 Å². The predicted molar refractivity (Wildman–Crippen MR) is 99.2 cm³/mol. The van der Waals surface area contributed by atoms with E-state index in [1.165, 1.54) is 0 Å². The van der Waals surface area contributed by atoms with Gasteiger partial charge in [-0.15, -0.1) is 5.11 Å². The van der Waals surface area contributed by atoms with Gasteiger partial charge in [-0.3, -0.25) is 0 Å². The Kier molecular flexibility index (Phi) is 6.59. The van der Waals surface area contributed by atoms with Gasteiger partial charge in [0.15, 0.2) is 0 Å². The summed E-state index contributed by atoms with van der Waals surface area (Å²) in [7, 11) is 0. The SMILES string of the molecule is CCCN(CCC)c1ccc(N=Nc2ccc(Br)cc2)c(O)c1. The van der Waals surface area contributed by atoms with Crippen molar-refractivity contribution in [3.8, 4) is 5.75 Å². The maximum Gasteiger partial charge on any atom is 0.145 e. The number of benzene rings is 2. The number of phenols is 1. The van der Waals surface area contributed by atoms with Gasteiger partial charge in [-0.1, -0.05) is 29.8 Å². The van der Waals surface area contributed by atoms with Crippen molar-refractivity contribution in [2.45, 2.75) is 26.7 Å². The number of nitrogens with zero attached hydrogens (tertiary/aromatic N) is 3. The summed E-state index contributed by atoms with van der Waals surface area (Å²) in [6.07, 6.45) is 2.15. The number of aromatic hydroxyl groups is 1. The van der Waals surface area contributed by atoms with Crippen LogP contribution < -0.4 is 4.90 Å². The molecule has 122 valence electrons. The summed E-state index contributed by atoms with van der Waals surface area (Å²) in [6, 6.07) is 13.1. The molecule has 0 radical (unpaired) electrons. The summed E-state index contributed by atoms with van der Waals surface area (Å²) in [4.78, 5) is 2.27. The number of halogens is 1. The lowest BCUT2D eigenvalue weighted by atomic mass is 10.2. The third-order valence-electron chi connectivity index (χ3n) is 3.41. The van der Waals surface area contributed by atoms with Gasteiger partial charge < -0.3 is 10.0 Å². The molecule has 0 aliphatic heterocycles. The first-order valence-electron chi connectivity index (χ1n) is 7.89. The highest BCUT2D eigenvalue weighted by molar-refractivity contribution is 9.10. The van der Waals surface area contributed by atoms with Crippen LogP contribution in [0.4, 0.5) is 17.1 Å². The minimum Gasteiger partial charge on any atom is -0.506 e. The summed E-state index contributed by atoms with van der Waals surface area (Å²) in [5.74, 6) is 0.153. The molecule has 23 heavy (non-hydrogen) atoms. The zero-order chi connectivity index (χ0) is 16.7. The Hall–Kier alpha value is -1.88. The van der Waals surface area contributed by atoms with Gasteiger partial charge in [0.1, 0.15) is 11.4 Å². The van der Waals surface area contributed by atoms with Crippen LogP contribution in [0.3, 0.4) is 0 Å². The Morgan fingerprint density at radius 3 is 2.17 bits per heavy atom. The summed E-state index contributed by atoms with van der Waals surface area (Å²) in [5, 5.41) is 18.5. The first kappa shape index (κ1) is 17.5. The maximum atomic E-state index is 10.2. The molecule has 0 fully saturated rings. The molecule has 0 amide bonds. The van der Waals surface area contributed by atoms with Gasteiger partial charge in [0.05, 0.1) is 5.69 Å². The molecule has 1 N–H and O–H groups in total. The molecular weight excluding hydrogens is 354 g/mol. The summed E-state index contributed by atoms with van der Waals surface area (Å²) in [6.45, 7) is 6.27. The molecule has 4 nitrogen and oxygen atoms in total. The summed E-state index contributed by atoms with van der Waals surface area (Å²) >= 11 is 3.38. The van der Waals surface area contributed by atoms with Crippen molar-refractivity contribution >= 4 is 33.0 Å². The highest BCUT2D eigenvalue weighted by atomic mass is 79.9. The lowest BCUT2D eigenvalue weighted by molar-refractivity contribution is 0.476. The third kappa shape index (κ3) is 5.06. The summed E-state index contributed by atoms with van der Waals surface area (Å²) in [5.41, 5.74) is 2.24. The number of anilines is 1. The Morgan fingerprint density at radius 2 is 1.61 bits per heavy atom. The van der Waals surface area contributed by atoms with Gasteiger partial charge in [-0.25, -0.2) is 0 Å². The number of azo groups is 1. The Balaban J connectivity index is 2.16. The molecule has 2 aromatic rings. The molecular formula is C18H22BrN3O. The molecule has 0 spiro atoms. The first-order valence-corrected chi connectivity index (χ1v) is 8.68. The minimum atomic E-state index is 0.153. The molecule has 0 unspecified atom stereocenters. The zero-order valence-corrected chi connectivity index (χ0v) is 15.1. The van der Waals surface area contributed by atoms with E-state index in [4.69, 9.17) is 0 Å². The van der Waals surface area contributed by atoms with Crippen LogP contribution in [0, 0.1) is 0 Å². The van der Waals surface area contributed by atoms with E-state index in [1.54, 1.807) is 6.07 Å². The van der Waals surface area contributed by atoms with Crippen molar-refractivity contribution in [3.05, 3.63) is 46.9 Å². The maximum absolute atomic E-state index is 10.2. The third-order valence-corrected chi connectivity index (χ3v) is 3.94. The van der Waals surface area contributed by atoms with Crippen LogP contribution >= 0.6 is 15.9 Å². The van der Waals surface area contributed by atoms with Crippen LogP contribution in [0.15, 0.2) is 57.2 Å². The fourth-order valence-corrected chi connectivity index (χ4v) is 2.59. The van der Waals surface area contributed by atoms with E-state index in [2.05, 4.69) is 44.9 Å². The second kappa shape index (κ2) is 8.67. The fraction of sp³-hybridized carbons (Fsp3) is 0.333. The summed E-state index contributed by atoms with van der Waals surface area (Å²) < 4.78 is 0.996. The quantitative estimate of drug-likeness (QED) is 0.585. The average Bonchev–Trinajstić information content (AvgIpc) is 2.55. The van der Waals surface area contributed by atoms with Gasteiger partial charge in [-0.2, -0.15) is 5.11 Å². The molecule has 0 saturated heterocycles. The van der Waals surface area contributed by atoms with Crippen molar-refractivity contribution < 1.29 is 5.11 Å². The highest BCUT2D eigenvalue weighted by Gasteiger charge is 2.08. The minimum absolute atomic E-state index is 0.153. The van der Waals surface area contributed by atoms with Crippen molar-refractivity contribution in [2.24, 2.45) is 10.2 Å². The van der Waals surface area contributed by atoms with Gasteiger partial charge in [0.25, 0.3) is 0 Å². The van der Waals surface area contributed by atoms with Crippen LogP contribution in [0.2, 0.25) is 0 Å². The average molecular weight is 376 g/mol. The van der Waals surface area contributed by atoms with Crippen molar-refractivity contribution in [1.29, 1.82) is 0 Å². The molecule has 0 atom stereocenters. The predicted octanol–water partition coefficient (Wildman–Crippen LogP) is 6.20. The fourth-order valence-electron chi connectivity index (χ4n) is 2.32. The second-order valence-electron chi connectivity index (χ2n) is 5.34. The lowest BCUT2D eigenvalue weighted by Gasteiger charge is -2.24. The van der Waals surface area contributed by atoms with E-state index >= 15 is 0 Å². The van der Waals surface area contributed by atoms with Crippen molar-refractivity contribution in [2.75, 3.05) is 18.0 Å². The van der Waals surface area contributed by atoms with E-state index in [9.17, 15) is 5.11 Å². The lowest BCUT2D eigenvalue weighted by Crippen LogP contribution is -2.24. The number of phenolic OH excluding ortho intramolecular Hbond substituents is 1. The first-order chi connectivity index (χ1) is 11.1. The zero-order valence-electron chi connectivity index (χ0n) is 13.5. The smallest absolute Gasteiger partial charge is 0.145 e. The molecule has 2 rings (SSSR count). The molecule has 0 aliphatic rings. The van der Waals surface area contributed by atoms with Gasteiger partial charge >= 0.3 is 0 Å². The van der Waals surface area contributed by atoms with Gasteiger partial charge in [0, 0.05) is 29.3 Å². The number of hydrogen-bond acceptors (Lipinski definition) is 4. The Bertz CT molecular complexity index is 650. The highest BCUT2D eigenvalue weighted by Crippen LogP contribution is 2.32. The van der Waals surface area contributed by atoms with E-state index < -0.39 is 0 Å². The van der Waals surface area contributed by atoms with Gasteiger partial charge in [0.2, 0.25) is 0 Å². The normalized spacial score (nSPS) is 11.1. The van der Waals surface area contributed by atoms with Crippen LogP contribution in [-0.4, -0.2) is 18.2 Å². The van der Waals surface area contributed by atoms with Crippen LogP contribution in [0.5, 0.6) is 5.75 Å². The Morgan fingerprint density at radius 1 is 0.957 bits per heavy atom. The molecule has 0 aliphatic carbocycles. The van der Waals surface area contributed by atoms with E-state index in [1.807, 2.05) is 36.4 Å². The molecule has 0 saturated carbocycles. The van der Waals surface area contributed by atoms with Crippen LogP contribution in [0.1, 0.15) is 26.7 Å². The number of rotatable bonds is 7. The Labute approximate surface area is 146 Å². The van der Waals surface area contributed by atoms with Crippen LogP contribution in [0.25, 0.3) is 0 Å². The van der Waals surface area contributed by atoms with E-state index in [0.29, 0.717) is 5.69 Å². The van der Waals surface area contributed by atoms with Crippen molar-refractivity contribution in [1.82, 2.24) is 0 Å². The monoisotopic (exact) mass is 375 g/mol. The van der Waals surface area contributed by atoms with Crippen molar-refractivity contribution in [3.63, 3.8) is 0 Å². The van der Waals surface area contributed by atoms with Gasteiger partial charge in [-0.05, 0) is 49.2 Å². The molecule has 2 aromatic carbocycles. The molecule has 0 heterocycles. The second-order valence-corrected chi connectivity index (χ2v) is 6.25. The van der Waals surface area contributed by atoms with Crippen LogP contribution in [-0.2, 0) is 0 Å².